The largest absolute Gasteiger partial charge is 0.377 e. The third-order valence-corrected chi connectivity index (χ3v) is 2.77. The van der Waals surface area contributed by atoms with Crippen LogP contribution in [0.5, 0.6) is 0 Å². The van der Waals surface area contributed by atoms with Gasteiger partial charge in [0.15, 0.2) is 0 Å². The van der Waals surface area contributed by atoms with E-state index < -0.39 is 0 Å². The molecule has 0 aromatic carbocycles. The predicted molar refractivity (Wildman–Crippen MR) is 53.1 cm³/mol. The van der Waals surface area contributed by atoms with Crippen LogP contribution in [0.15, 0.2) is 0 Å². The van der Waals surface area contributed by atoms with Gasteiger partial charge in [0, 0.05) is 27.3 Å². The van der Waals surface area contributed by atoms with Gasteiger partial charge in [-0.05, 0) is 19.8 Å². The van der Waals surface area contributed by atoms with Gasteiger partial charge >= 0.3 is 0 Å². The van der Waals surface area contributed by atoms with Gasteiger partial charge in [-0.1, -0.05) is 0 Å². The zero-order chi connectivity index (χ0) is 10.6. The number of ether oxygens (including phenoxy) is 2. The standard InChI is InChI=1S/C10H19NO3/c1-10(14-3)5-4-6-11(8-10)9(12)7-13-2/h4-8H2,1-3H3. The van der Waals surface area contributed by atoms with E-state index in [2.05, 4.69) is 0 Å². The summed E-state index contributed by atoms with van der Waals surface area (Å²) in [6, 6.07) is 0. The van der Waals surface area contributed by atoms with Crippen molar-refractivity contribution in [2.24, 2.45) is 0 Å². The number of carbonyl (C=O) groups is 1. The maximum absolute atomic E-state index is 11.5. The summed E-state index contributed by atoms with van der Waals surface area (Å²) in [5.74, 6) is 0.0514. The van der Waals surface area contributed by atoms with E-state index in [1.807, 2.05) is 11.8 Å². The molecule has 0 N–H and O–H groups in total. The van der Waals surface area contributed by atoms with Crippen molar-refractivity contribution in [3.63, 3.8) is 0 Å². The molecule has 1 unspecified atom stereocenters. The summed E-state index contributed by atoms with van der Waals surface area (Å²) in [5.41, 5.74) is -0.179. The molecule has 1 heterocycles. The minimum Gasteiger partial charge on any atom is -0.377 e. The quantitative estimate of drug-likeness (QED) is 0.673. The fourth-order valence-electron chi connectivity index (χ4n) is 1.80. The molecule has 1 saturated heterocycles. The van der Waals surface area contributed by atoms with Crippen LogP contribution < -0.4 is 0 Å². The Hall–Kier alpha value is -0.610. The molecule has 0 aliphatic carbocycles. The third-order valence-electron chi connectivity index (χ3n) is 2.77. The molecule has 1 atom stereocenters. The topological polar surface area (TPSA) is 38.8 Å². The highest BCUT2D eigenvalue weighted by Gasteiger charge is 2.32. The summed E-state index contributed by atoms with van der Waals surface area (Å²) in [7, 11) is 3.24. The zero-order valence-corrected chi connectivity index (χ0v) is 9.21. The van der Waals surface area contributed by atoms with E-state index in [1.54, 1.807) is 7.11 Å². The van der Waals surface area contributed by atoms with Crippen LogP contribution in [-0.4, -0.2) is 50.3 Å². The average molecular weight is 201 g/mol. The van der Waals surface area contributed by atoms with E-state index in [4.69, 9.17) is 9.47 Å². The smallest absolute Gasteiger partial charge is 0.248 e. The molecule has 14 heavy (non-hydrogen) atoms. The lowest BCUT2D eigenvalue weighted by atomic mass is 9.95. The molecule has 1 rings (SSSR count). The highest BCUT2D eigenvalue weighted by molar-refractivity contribution is 5.77. The Labute approximate surface area is 85.2 Å². The number of amides is 1. The maximum Gasteiger partial charge on any atom is 0.248 e. The van der Waals surface area contributed by atoms with Crippen molar-refractivity contribution < 1.29 is 14.3 Å². The number of carbonyl (C=O) groups excluding carboxylic acids is 1. The molecule has 0 aromatic heterocycles. The third kappa shape index (κ3) is 2.69. The van der Waals surface area contributed by atoms with Crippen LogP contribution in [0, 0.1) is 0 Å². The second-order valence-corrected chi connectivity index (χ2v) is 4.01. The SMILES string of the molecule is COCC(=O)N1CCCC(C)(OC)C1. The van der Waals surface area contributed by atoms with Crippen LogP contribution in [0.3, 0.4) is 0 Å². The van der Waals surface area contributed by atoms with E-state index in [0.29, 0.717) is 6.54 Å². The van der Waals surface area contributed by atoms with E-state index in [0.717, 1.165) is 19.4 Å². The van der Waals surface area contributed by atoms with Crippen molar-refractivity contribution in [2.75, 3.05) is 33.9 Å². The van der Waals surface area contributed by atoms with Crippen LogP contribution >= 0.6 is 0 Å². The van der Waals surface area contributed by atoms with Crippen LogP contribution in [0.1, 0.15) is 19.8 Å². The maximum atomic E-state index is 11.5. The first-order valence-electron chi connectivity index (χ1n) is 4.93. The van der Waals surface area contributed by atoms with Crippen molar-refractivity contribution >= 4 is 5.91 Å². The second kappa shape index (κ2) is 4.75. The lowest BCUT2D eigenvalue weighted by Crippen LogP contribution is -2.50. The Kier molecular flexibility index (Phi) is 3.89. The fourth-order valence-corrected chi connectivity index (χ4v) is 1.80. The summed E-state index contributed by atoms with van der Waals surface area (Å²) < 4.78 is 10.2. The Morgan fingerprint density at radius 2 is 2.21 bits per heavy atom. The molecule has 0 radical (unpaired) electrons. The monoisotopic (exact) mass is 201 g/mol. The zero-order valence-electron chi connectivity index (χ0n) is 9.21. The van der Waals surface area contributed by atoms with Gasteiger partial charge in [-0.3, -0.25) is 4.79 Å². The van der Waals surface area contributed by atoms with E-state index in [1.165, 1.54) is 7.11 Å². The Morgan fingerprint density at radius 1 is 1.50 bits per heavy atom. The molecule has 4 heteroatoms. The number of likely N-dealkylation sites (tertiary alicyclic amines) is 1. The molecule has 82 valence electrons. The molecule has 4 nitrogen and oxygen atoms in total. The molecule has 1 amide bonds. The Bertz CT molecular complexity index is 208. The average Bonchev–Trinajstić information content (AvgIpc) is 2.18. The van der Waals surface area contributed by atoms with Gasteiger partial charge in [-0.2, -0.15) is 0 Å². The van der Waals surface area contributed by atoms with Gasteiger partial charge in [0.2, 0.25) is 5.91 Å². The van der Waals surface area contributed by atoms with Crippen LogP contribution in [0.4, 0.5) is 0 Å². The summed E-state index contributed by atoms with van der Waals surface area (Å²) in [6.07, 6.45) is 2.01. The van der Waals surface area contributed by atoms with E-state index in [9.17, 15) is 4.79 Å². The molecule has 0 saturated carbocycles. The minimum absolute atomic E-state index is 0.0514. The van der Waals surface area contributed by atoms with E-state index in [-0.39, 0.29) is 18.1 Å². The lowest BCUT2D eigenvalue weighted by molar-refractivity contribution is -0.143. The first-order chi connectivity index (χ1) is 6.61. The van der Waals surface area contributed by atoms with Crippen molar-refractivity contribution in [2.45, 2.75) is 25.4 Å². The lowest BCUT2D eigenvalue weighted by Gasteiger charge is -2.39. The van der Waals surface area contributed by atoms with Crippen molar-refractivity contribution in [1.82, 2.24) is 4.90 Å². The number of nitrogens with zero attached hydrogens (tertiary/aromatic N) is 1. The predicted octanol–water partition coefficient (Wildman–Crippen LogP) is 0.660. The molecule has 0 aromatic rings. The van der Waals surface area contributed by atoms with Crippen molar-refractivity contribution in [1.29, 1.82) is 0 Å². The summed E-state index contributed by atoms with van der Waals surface area (Å²) in [5, 5.41) is 0. The molecular formula is C10H19NO3. The van der Waals surface area contributed by atoms with Gasteiger partial charge in [0.1, 0.15) is 6.61 Å². The van der Waals surface area contributed by atoms with Gasteiger partial charge in [0.05, 0.1) is 5.60 Å². The van der Waals surface area contributed by atoms with Crippen LogP contribution in [0.25, 0.3) is 0 Å². The molecular weight excluding hydrogens is 182 g/mol. The van der Waals surface area contributed by atoms with E-state index >= 15 is 0 Å². The van der Waals surface area contributed by atoms with Crippen LogP contribution in [0.2, 0.25) is 0 Å². The minimum atomic E-state index is -0.179. The molecule has 0 bridgehead atoms. The number of hydrogen-bond donors (Lipinski definition) is 0. The molecule has 1 aliphatic rings. The highest BCUT2D eigenvalue weighted by Crippen LogP contribution is 2.23. The fraction of sp³-hybridized carbons (Fsp3) is 0.900. The normalized spacial score (nSPS) is 27.8. The summed E-state index contributed by atoms with van der Waals surface area (Å²) in [6.45, 7) is 3.70. The van der Waals surface area contributed by atoms with Crippen molar-refractivity contribution in [3.05, 3.63) is 0 Å². The second-order valence-electron chi connectivity index (χ2n) is 4.01. The summed E-state index contributed by atoms with van der Waals surface area (Å²) >= 11 is 0. The highest BCUT2D eigenvalue weighted by atomic mass is 16.5. The molecule has 1 aliphatic heterocycles. The molecule has 1 fully saturated rings. The molecule has 0 spiro atoms. The van der Waals surface area contributed by atoms with Crippen LogP contribution in [-0.2, 0) is 14.3 Å². The first kappa shape index (κ1) is 11.5. The number of piperidine rings is 1. The first-order valence-corrected chi connectivity index (χ1v) is 4.93. The Balaban J connectivity index is 2.51. The van der Waals surface area contributed by atoms with Gasteiger partial charge in [-0.15, -0.1) is 0 Å². The summed E-state index contributed by atoms with van der Waals surface area (Å²) in [4.78, 5) is 13.4. The van der Waals surface area contributed by atoms with Crippen molar-refractivity contribution in [3.8, 4) is 0 Å². The van der Waals surface area contributed by atoms with Gasteiger partial charge < -0.3 is 14.4 Å². The number of rotatable bonds is 3. The number of hydrogen-bond acceptors (Lipinski definition) is 3. The number of methoxy groups -OCH3 is 2. The van der Waals surface area contributed by atoms with Gasteiger partial charge in [0.25, 0.3) is 0 Å². The van der Waals surface area contributed by atoms with Gasteiger partial charge in [-0.25, -0.2) is 0 Å². The Morgan fingerprint density at radius 3 is 2.79 bits per heavy atom.